The molecule has 0 fully saturated rings. The third-order valence-electron chi connectivity index (χ3n) is 3.31. The smallest absolute Gasteiger partial charge is 0.251 e. The first-order valence-corrected chi connectivity index (χ1v) is 8.35. The van der Waals surface area contributed by atoms with Crippen LogP contribution in [-0.2, 0) is 6.54 Å². The quantitative estimate of drug-likeness (QED) is 0.672. The number of halogens is 1. The lowest BCUT2D eigenvalue weighted by Gasteiger charge is -2.03. The Balaban J connectivity index is 0.00000126. The Kier molecular flexibility index (Phi) is 7.18. The van der Waals surface area contributed by atoms with Crippen molar-refractivity contribution in [3.63, 3.8) is 0 Å². The lowest BCUT2D eigenvalue weighted by atomic mass is 10.2. The maximum atomic E-state index is 13.8. The summed E-state index contributed by atoms with van der Waals surface area (Å²) in [6, 6.07) is 9.22. The maximum absolute atomic E-state index is 13.8. The van der Waals surface area contributed by atoms with Gasteiger partial charge >= 0.3 is 0 Å². The number of aromatic nitrogens is 3. The van der Waals surface area contributed by atoms with E-state index in [1.54, 1.807) is 24.3 Å². The second-order valence-electron chi connectivity index (χ2n) is 5.06. The number of benzene rings is 1. The molecule has 0 saturated carbocycles. The zero-order valence-corrected chi connectivity index (χ0v) is 15.0. The molecule has 0 radical (unpaired) electrons. The van der Waals surface area contributed by atoms with Gasteiger partial charge in [0.15, 0.2) is 5.82 Å². The van der Waals surface area contributed by atoms with E-state index in [9.17, 15) is 9.18 Å². The van der Waals surface area contributed by atoms with Gasteiger partial charge in [-0.15, -0.1) is 0 Å². The molecule has 3 aromatic rings. The summed E-state index contributed by atoms with van der Waals surface area (Å²) in [7, 11) is 0. The zero-order valence-electron chi connectivity index (χ0n) is 15.0. The Morgan fingerprint density at radius 1 is 1.30 bits per heavy atom. The molecular weight excluding hydrogens is 349 g/mol. The third-order valence-corrected chi connectivity index (χ3v) is 3.31. The van der Waals surface area contributed by atoms with Crippen LogP contribution in [0, 0.1) is 5.82 Å². The first-order chi connectivity index (χ1) is 13.1. The van der Waals surface area contributed by atoms with Gasteiger partial charge < -0.3 is 15.2 Å². The van der Waals surface area contributed by atoms with Crippen molar-refractivity contribution in [3.05, 3.63) is 88.2 Å². The monoisotopic (exact) mass is 369 g/mol. The largest absolute Gasteiger partial charge is 0.396 e. The summed E-state index contributed by atoms with van der Waals surface area (Å²) in [5.74, 6) is -0.147. The number of rotatable bonds is 5. The molecule has 0 saturated heterocycles. The predicted octanol–water partition coefficient (Wildman–Crippen LogP) is 2.91. The van der Waals surface area contributed by atoms with E-state index in [0.717, 1.165) is 0 Å². The SMILES string of the molecule is CC.N/C(=C\C(=NCc1ccccc1F)c1ccon1)c1nccc(=O)[nH]1. The van der Waals surface area contributed by atoms with Crippen LogP contribution < -0.4 is 11.3 Å². The van der Waals surface area contributed by atoms with Crippen LogP contribution >= 0.6 is 0 Å². The van der Waals surface area contributed by atoms with Gasteiger partial charge in [0, 0.05) is 23.9 Å². The highest BCUT2D eigenvalue weighted by molar-refractivity contribution is 6.10. The van der Waals surface area contributed by atoms with Gasteiger partial charge in [-0.05, 0) is 12.1 Å². The molecule has 27 heavy (non-hydrogen) atoms. The number of nitrogens with one attached hydrogen (secondary N) is 1. The molecule has 0 aliphatic rings. The van der Waals surface area contributed by atoms with E-state index in [-0.39, 0.29) is 29.4 Å². The first kappa shape index (κ1) is 19.8. The van der Waals surface area contributed by atoms with Crippen LogP contribution in [-0.4, -0.2) is 20.8 Å². The third kappa shape index (κ3) is 5.46. The number of aliphatic imine (C=N–C) groups is 1. The molecule has 140 valence electrons. The molecule has 2 aromatic heterocycles. The molecular formula is C19H20FN5O2. The van der Waals surface area contributed by atoms with Gasteiger partial charge in [-0.25, -0.2) is 9.37 Å². The molecule has 0 spiro atoms. The fourth-order valence-corrected chi connectivity index (χ4v) is 2.07. The van der Waals surface area contributed by atoms with Crippen molar-refractivity contribution >= 4 is 11.4 Å². The van der Waals surface area contributed by atoms with Gasteiger partial charge in [0.1, 0.15) is 17.8 Å². The highest BCUT2D eigenvalue weighted by atomic mass is 19.1. The number of aromatic amines is 1. The summed E-state index contributed by atoms with van der Waals surface area (Å²) >= 11 is 0. The van der Waals surface area contributed by atoms with Crippen molar-refractivity contribution in [2.45, 2.75) is 20.4 Å². The Bertz CT molecular complexity index is 978. The summed E-state index contributed by atoms with van der Waals surface area (Å²) in [5.41, 5.74) is 7.08. The van der Waals surface area contributed by atoms with Gasteiger partial charge in [0.2, 0.25) is 0 Å². The van der Waals surface area contributed by atoms with Gasteiger partial charge in [0.05, 0.1) is 18.0 Å². The number of hydrogen-bond acceptors (Lipinski definition) is 6. The Morgan fingerprint density at radius 3 is 2.74 bits per heavy atom. The lowest BCUT2D eigenvalue weighted by Crippen LogP contribution is -2.13. The van der Waals surface area contributed by atoms with E-state index in [1.807, 2.05) is 13.8 Å². The normalized spacial score (nSPS) is 11.7. The Labute approximate surface area is 155 Å². The minimum Gasteiger partial charge on any atom is -0.396 e. The van der Waals surface area contributed by atoms with Gasteiger partial charge in [-0.2, -0.15) is 0 Å². The molecule has 0 atom stereocenters. The molecule has 0 amide bonds. The average molecular weight is 369 g/mol. The Hall–Kier alpha value is -3.55. The molecule has 3 rings (SSSR count). The van der Waals surface area contributed by atoms with E-state index in [2.05, 4.69) is 20.1 Å². The number of H-pyrrole nitrogens is 1. The molecule has 0 bridgehead atoms. The Morgan fingerprint density at radius 2 is 2.07 bits per heavy atom. The van der Waals surface area contributed by atoms with E-state index in [0.29, 0.717) is 17.0 Å². The fraction of sp³-hybridized carbons (Fsp3) is 0.158. The van der Waals surface area contributed by atoms with E-state index in [4.69, 9.17) is 10.3 Å². The second kappa shape index (κ2) is 9.81. The first-order valence-electron chi connectivity index (χ1n) is 8.35. The highest BCUT2D eigenvalue weighted by Crippen LogP contribution is 2.11. The van der Waals surface area contributed by atoms with Gasteiger partial charge in [0.25, 0.3) is 5.56 Å². The highest BCUT2D eigenvalue weighted by Gasteiger charge is 2.09. The van der Waals surface area contributed by atoms with Crippen molar-refractivity contribution in [3.8, 4) is 0 Å². The standard InChI is InChI=1S/C17H14FN5O2.C2H6/c18-12-4-2-1-3-11(12)10-21-15(14-6-8-25-23-14)9-13(19)17-20-7-5-16(24)22-17;1-2/h1-9H,10,19H2,(H,20,22,24);1-2H3/b13-9-,21-15?;. The number of nitrogens with zero attached hydrogens (tertiary/aromatic N) is 3. The van der Waals surface area contributed by atoms with Crippen LogP contribution in [0.1, 0.15) is 30.9 Å². The summed E-state index contributed by atoms with van der Waals surface area (Å²) in [6.07, 6.45) is 4.23. The van der Waals surface area contributed by atoms with Gasteiger partial charge in [-0.3, -0.25) is 9.79 Å². The number of nitrogens with two attached hydrogens (primary N) is 1. The summed E-state index contributed by atoms with van der Waals surface area (Å²) in [4.78, 5) is 22.3. The molecule has 0 unspecified atom stereocenters. The van der Waals surface area contributed by atoms with Crippen LogP contribution in [0.25, 0.3) is 5.70 Å². The maximum Gasteiger partial charge on any atom is 0.251 e. The van der Waals surface area contributed by atoms with Crippen LogP contribution in [0.4, 0.5) is 4.39 Å². The van der Waals surface area contributed by atoms with Crippen LogP contribution in [0.5, 0.6) is 0 Å². The number of hydrogen-bond donors (Lipinski definition) is 2. The zero-order chi connectivity index (χ0) is 19.6. The molecule has 1 aromatic carbocycles. The van der Waals surface area contributed by atoms with Crippen LogP contribution in [0.3, 0.4) is 0 Å². The van der Waals surface area contributed by atoms with Gasteiger partial charge in [-0.1, -0.05) is 37.2 Å². The van der Waals surface area contributed by atoms with Crippen LogP contribution in [0.15, 0.2) is 69.2 Å². The minimum absolute atomic E-state index is 0.0946. The van der Waals surface area contributed by atoms with E-state index >= 15 is 0 Å². The summed E-state index contributed by atoms with van der Waals surface area (Å²) in [6.45, 7) is 4.09. The van der Waals surface area contributed by atoms with Crippen molar-refractivity contribution in [2.75, 3.05) is 0 Å². The molecule has 7 nitrogen and oxygen atoms in total. The number of allylic oxidation sites excluding steroid dienone is 1. The average Bonchev–Trinajstić information content (AvgIpc) is 3.22. The van der Waals surface area contributed by atoms with E-state index < -0.39 is 0 Å². The van der Waals surface area contributed by atoms with Crippen LogP contribution in [0.2, 0.25) is 0 Å². The molecule has 3 N–H and O–H groups in total. The van der Waals surface area contributed by atoms with Crippen molar-refractivity contribution in [2.24, 2.45) is 10.7 Å². The summed E-state index contributed by atoms with van der Waals surface area (Å²) in [5, 5.41) is 3.82. The predicted molar refractivity (Wildman–Crippen MR) is 102 cm³/mol. The summed E-state index contributed by atoms with van der Waals surface area (Å²) < 4.78 is 18.6. The minimum atomic E-state index is -0.350. The van der Waals surface area contributed by atoms with Crippen molar-refractivity contribution in [1.82, 2.24) is 15.1 Å². The molecule has 0 aliphatic carbocycles. The lowest BCUT2D eigenvalue weighted by molar-refractivity contribution is 0.418. The molecule has 8 heteroatoms. The fourth-order valence-electron chi connectivity index (χ4n) is 2.07. The molecule has 0 aliphatic heterocycles. The second-order valence-corrected chi connectivity index (χ2v) is 5.06. The topological polar surface area (TPSA) is 110 Å². The van der Waals surface area contributed by atoms with E-state index in [1.165, 1.54) is 30.7 Å². The van der Waals surface area contributed by atoms with Crippen molar-refractivity contribution < 1.29 is 8.91 Å². The molecule has 2 heterocycles. The van der Waals surface area contributed by atoms with Crippen molar-refractivity contribution in [1.29, 1.82) is 0 Å².